The first-order valence-corrected chi connectivity index (χ1v) is 7.04. The topological polar surface area (TPSA) is 74.2 Å². The molecule has 0 saturated carbocycles. The quantitative estimate of drug-likeness (QED) is 0.936. The molecule has 1 atom stereocenters. The van der Waals surface area contributed by atoms with Gasteiger partial charge in [0.05, 0.1) is 12.7 Å². The lowest BCUT2D eigenvalue weighted by molar-refractivity contribution is 0.286. The minimum Gasteiger partial charge on any atom is -0.496 e. The predicted molar refractivity (Wildman–Crippen MR) is 82.2 cm³/mol. The zero-order valence-electron chi connectivity index (χ0n) is 13.3. The first-order chi connectivity index (χ1) is 9.81. The summed E-state index contributed by atoms with van der Waals surface area (Å²) in [4.78, 5) is 4.43. The van der Waals surface area contributed by atoms with Gasteiger partial charge >= 0.3 is 0 Å². The molecule has 1 unspecified atom stereocenters. The van der Waals surface area contributed by atoms with Crippen molar-refractivity contribution in [3.05, 3.63) is 29.7 Å². The summed E-state index contributed by atoms with van der Waals surface area (Å²) in [6.45, 7) is 8.30. The second kappa shape index (κ2) is 5.85. The van der Waals surface area contributed by atoms with Crippen LogP contribution in [0.3, 0.4) is 0 Å². The molecule has 2 aromatic rings. The van der Waals surface area contributed by atoms with Gasteiger partial charge in [0, 0.05) is 12.5 Å². The van der Waals surface area contributed by atoms with Gasteiger partial charge in [-0.3, -0.25) is 0 Å². The van der Waals surface area contributed by atoms with Gasteiger partial charge in [0.25, 0.3) is 0 Å². The zero-order chi connectivity index (χ0) is 15.6. The first kappa shape index (κ1) is 15.5. The molecule has 5 heteroatoms. The van der Waals surface area contributed by atoms with Crippen molar-refractivity contribution in [1.82, 2.24) is 10.1 Å². The normalized spacial score (nSPS) is 13.2. The number of aromatic nitrogens is 2. The van der Waals surface area contributed by atoms with Crippen molar-refractivity contribution in [2.75, 3.05) is 7.11 Å². The van der Waals surface area contributed by atoms with Crippen LogP contribution in [0.4, 0.5) is 0 Å². The number of rotatable bonds is 4. The van der Waals surface area contributed by atoms with Gasteiger partial charge in [0.2, 0.25) is 11.7 Å². The summed E-state index contributed by atoms with van der Waals surface area (Å²) in [5.41, 5.74) is 8.09. The number of nitrogens with two attached hydrogens (primary N) is 1. The van der Waals surface area contributed by atoms with Crippen molar-refractivity contribution in [3.63, 3.8) is 0 Å². The third-order valence-corrected chi connectivity index (χ3v) is 3.57. The summed E-state index contributed by atoms with van der Waals surface area (Å²) in [6.07, 6.45) is 0.560. The molecule has 0 aliphatic rings. The fourth-order valence-electron chi connectivity index (χ4n) is 1.92. The molecule has 0 aliphatic carbocycles. The number of methoxy groups -OCH3 is 1. The molecule has 0 radical (unpaired) electrons. The molecule has 1 heterocycles. The van der Waals surface area contributed by atoms with E-state index in [0.29, 0.717) is 18.1 Å². The monoisotopic (exact) mass is 289 g/mol. The molecular formula is C16H23N3O2. The Morgan fingerprint density at radius 2 is 2.05 bits per heavy atom. The summed E-state index contributed by atoms with van der Waals surface area (Å²) >= 11 is 0. The Morgan fingerprint density at radius 3 is 2.67 bits per heavy atom. The lowest BCUT2D eigenvalue weighted by Gasteiger charge is -2.25. The van der Waals surface area contributed by atoms with E-state index in [-0.39, 0.29) is 11.5 Å². The highest BCUT2D eigenvalue weighted by Gasteiger charge is 2.23. The maximum Gasteiger partial charge on any atom is 0.228 e. The Bertz CT molecular complexity index is 614. The number of hydrogen-bond acceptors (Lipinski definition) is 5. The Hall–Kier alpha value is -1.88. The fourth-order valence-corrected chi connectivity index (χ4v) is 1.92. The molecule has 0 spiro atoms. The van der Waals surface area contributed by atoms with E-state index in [0.717, 1.165) is 16.9 Å². The molecule has 2 N–H and O–H groups in total. The first-order valence-electron chi connectivity index (χ1n) is 7.04. The third kappa shape index (κ3) is 3.61. The second-order valence-corrected chi connectivity index (χ2v) is 6.39. The van der Waals surface area contributed by atoms with Crippen molar-refractivity contribution in [3.8, 4) is 17.1 Å². The molecule has 1 aromatic carbocycles. The minimum atomic E-state index is -0.0364. The van der Waals surface area contributed by atoms with E-state index >= 15 is 0 Å². The molecule has 0 fully saturated rings. The molecule has 0 amide bonds. The predicted octanol–water partition coefficient (Wildman–Crippen LogP) is 2.97. The van der Waals surface area contributed by atoms with Crippen LogP contribution in [0.25, 0.3) is 11.4 Å². The van der Waals surface area contributed by atoms with Crippen LogP contribution in [-0.2, 0) is 6.42 Å². The average Bonchev–Trinajstić information content (AvgIpc) is 2.85. The summed E-state index contributed by atoms with van der Waals surface area (Å²) in [5, 5.41) is 4.04. The third-order valence-electron chi connectivity index (χ3n) is 3.57. The van der Waals surface area contributed by atoms with E-state index in [4.69, 9.17) is 15.0 Å². The largest absolute Gasteiger partial charge is 0.496 e. The molecule has 114 valence electrons. The highest BCUT2D eigenvalue weighted by atomic mass is 16.5. The number of nitrogens with zero attached hydrogens (tertiary/aromatic N) is 2. The van der Waals surface area contributed by atoms with E-state index < -0.39 is 0 Å². The number of ether oxygens (including phenoxy) is 1. The molecular weight excluding hydrogens is 266 g/mol. The van der Waals surface area contributed by atoms with Crippen LogP contribution >= 0.6 is 0 Å². The highest BCUT2D eigenvalue weighted by molar-refractivity contribution is 5.64. The Labute approximate surface area is 125 Å². The maximum absolute atomic E-state index is 6.15. The van der Waals surface area contributed by atoms with E-state index in [1.165, 1.54) is 0 Å². The molecule has 0 saturated heterocycles. The summed E-state index contributed by atoms with van der Waals surface area (Å²) in [7, 11) is 1.63. The van der Waals surface area contributed by atoms with E-state index in [1.54, 1.807) is 7.11 Å². The van der Waals surface area contributed by atoms with Crippen LogP contribution in [0.2, 0.25) is 0 Å². The minimum absolute atomic E-state index is 0.00379. The molecule has 1 aromatic heterocycles. The summed E-state index contributed by atoms with van der Waals surface area (Å²) in [6, 6.07) is 5.85. The molecule has 0 bridgehead atoms. The highest BCUT2D eigenvalue weighted by Crippen LogP contribution is 2.29. The van der Waals surface area contributed by atoms with Crippen molar-refractivity contribution < 1.29 is 9.26 Å². The smallest absolute Gasteiger partial charge is 0.228 e. The van der Waals surface area contributed by atoms with Gasteiger partial charge in [0.15, 0.2) is 0 Å². The van der Waals surface area contributed by atoms with Crippen LogP contribution in [0.1, 0.15) is 32.2 Å². The second-order valence-electron chi connectivity index (χ2n) is 6.39. The van der Waals surface area contributed by atoms with Crippen molar-refractivity contribution in [1.29, 1.82) is 0 Å². The summed E-state index contributed by atoms with van der Waals surface area (Å²) < 4.78 is 10.7. The van der Waals surface area contributed by atoms with Gasteiger partial charge in [-0.15, -0.1) is 0 Å². The SMILES string of the molecule is COc1cc(C)ccc1-c1noc(CC(N)C(C)(C)C)n1. The van der Waals surface area contributed by atoms with Crippen LogP contribution in [0, 0.1) is 12.3 Å². The lowest BCUT2D eigenvalue weighted by Crippen LogP contribution is -2.36. The molecule has 5 nitrogen and oxygen atoms in total. The standard InChI is InChI=1S/C16H23N3O2/c1-10-6-7-11(12(8-10)20-5)15-18-14(21-19-15)9-13(17)16(2,3)4/h6-8,13H,9,17H2,1-5H3. The van der Waals surface area contributed by atoms with Gasteiger partial charge in [-0.25, -0.2) is 0 Å². The molecule has 21 heavy (non-hydrogen) atoms. The van der Waals surface area contributed by atoms with Gasteiger partial charge in [-0.1, -0.05) is 32.0 Å². The van der Waals surface area contributed by atoms with Crippen LogP contribution in [0.15, 0.2) is 22.7 Å². The molecule has 0 aliphatic heterocycles. The lowest BCUT2D eigenvalue weighted by atomic mass is 9.85. The zero-order valence-corrected chi connectivity index (χ0v) is 13.3. The number of benzene rings is 1. The molecule has 2 rings (SSSR count). The van der Waals surface area contributed by atoms with E-state index in [9.17, 15) is 0 Å². The average molecular weight is 289 g/mol. The van der Waals surface area contributed by atoms with Crippen molar-refractivity contribution in [2.24, 2.45) is 11.1 Å². The van der Waals surface area contributed by atoms with Crippen LogP contribution in [0.5, 0.6) is 5.75 Å². The van der Waals surface area contributed by atoms with Crippen molar-refractivity contribution >= 4 is 0 Å². The van der Waals surface area contributed by atoms with Gasteiger partial charge in [-0.2, -0.15) is 4.98 Å². The van der Waals surface area contributed by atoms with Crippen LogP contribution in [-0.4, -0.2) is 23.3 Å². The van der Waals surface area contributed by atoms with E-state index in [2.05, 4.69) is 30.9 Å². The summed E-state index contributed by atoms with van der Waals surface area (Å²) in [5.74, 6) is 1.82. The van der Waals surface area contributed by atoms with Crippen molar-refractivity contribution in [2.45, 2.75) is 40.2 Å². The maximum atomic E-state index is 6.15. The fraction of sp³-hybridized carbons (Fsp3) is 0.500. The van der Waals surface area contributed by atoms with Gasteiger partial charge in [-0.05, 0) is 30.0 Å². The van der Waals surface area contributed by atoms with Gasteiger partial charge in [0.1, 0.15) is 5.75 Å². The Balaban J connectivity index is 2.24. The van der Waals surface area contributed by atoms with Gasteiger partial charge < -0.3 is 15.0 Å². The Morgan fingerprint density at radius 1 is 1.33 bits per heavy atom. The number of hydrogen-bond donors (Lipinski definition) is 1. The Kier molecular flexibility index (Phi) is 4.32. The van der Waals surface area contributed by atoms with E-state index in [1.807, 2.05) is 25.1 Å². The number of aryl methyl sites for hydroxylation is 1. The van der Waals surface area contributed by atoms with Crippen LogP contribution < -0.4 is 10.5 Å².